The molecule has 120 valence electrons. The number of aromatic nitrogens is 2. The van der Waals surface area contributed by atoms with E-state index in [1.807, 2.05) is 24.3 Å². The highest BCUT2D eigenvalue weighted by atomic mass is 79.9. The third-order valence-electron chi connectivity index (χ3n) is 3.76. The van der Waals surface area contributed by atoms with Crippen LogP contribution in [0.25, 0.3) is 0 Å². The second-order valence-corrected chi connectivity index (χ2v) is 7.92. The van der Waals surface area contributed by atoms with Gasteiger partial charge in [0, 0.05) is 33.6 Å². The summed E-state index contributed by atoms with van der Waals surface area (Å²) in [5, 5.41) is 0.681. The zero-order valence-electron chi connectivity index (χ0n) is 13.2. The quantitative estimate of drug-likeness (QED) is 0.362. The molecule has 0 N–H and O–H groups in total. The van der Waals surface area contributed by atoms with Crippen LogP contribution in [0.15, 0.2) is 52.4 Å². The maximum absolute atomic E-state index is 4.13. The summed E-state index contributed by atoms with van der Waals surface area (Å²) >= 11 is 5.53. The van der Waals surface area contributed by atoms with Crippen LogP contribution in [0.3, 0.4) is 0 Å². The molecule has 0 fully saturated rings. The van der Waals surface area contributed by atoms with Crippen LogP contribution in [0.1, 0.15) is 45.4 Å². The Morgan fingerprint density at radius 2 is 1.95 bits per heavy atom. The van der Waals surface area contributed by atoms with E-state index in [2.05, 4.69) is 62.9 Å². The molecule has 2 aromatic rings. The van der Waals surface area contributed by atoms with Crippen molar-refractivity contribution in [2.24, 2.45) is 0 Å². The van der Waals surface area contributed by atoms with Gasteiger partial charge in [-0.25, -0.2) is 4.98 Å². The molecule has 1 aromatic carbocycles. The Kier molecular flexibility index (Phi) is 8.10. The van der Waals surface area contributed by atoms with E-state index in [0.29, 0.717) is 5.25 Å². The van der Waals surface area contributed by atoms with Gasteiger partial charge in [0.05, 0.1) is 6.33 Å². The van der Waals surface area contributed by atoms with E-state index in [4.69, 9.17) is 0 Å². The molecule has 0 bridgehead atoms. The molecule has 2 rings (SSSR count). The molecule has 4 heteroatoms. The fraction of sp³-hybridized carbons (Fsp3) is 0.500. The average molecular weight is 381 g/mol. The van der Waals surface area contributed by atoms with E-state index in [-0.39, 0.29) is 0 Å². The van der Waals surface area contributed by atoms with Crippen molar-refractivity contribution in [1.29, 1.82) is 0 Å². The first-order valence-corrected chi connectivity index (χ1v) is 9.83. The fourth-order valence-electron chi connectivity index (χ4n) is 2.48. The Bertz CT molecular complexity index is 510. The third kappa shape index (κ3) is 6.57. The Hall–Kier alpha value is -0.740. The van der Waals surface area contributed by atoms with Gasteiger partial charge in [-0.3, -0.25) is 0 Å². The smallest absolute Gasteiger partial charge is 0.0945 e. The predicted octanol–water partition coefficient (Wildman–Crippen LogP) is 6.17. The number of imidazole rings is 1. The van der Waals surface area contributed by atoms with Crippen LogP contribution in [0, 0.1) is 0 Å². The molecule has 0 amide bonds. The Labute approximate surface area is 146 Å². The van der Waals surface area contributed by atoms with Crippen LogP contribution in [0.5, 0.6) is 0 Å². The summed E-state index contributed by atoms with van der Waals surface area (Å²) in [4.78, 5) is 5.50. The zero-order chi connectivity index (χ0) is 15.6. The van der Waals surface area contributed by atoms with Crippen molar-refractivity contribution >= 4 is 27.7 Å². The summed E-state index contributed by atoms with van der Waals surface area (Å²) < 4.78 is 3.33. The predicted molar refractivity (Wildman–Crippen MR) is 99.4 cm³/mol. The average Bonchev–Trinajstić information content (AvgIpc) is 3.04. The van der Waals surface area contributed by atoms with Crippen LogP contribution >= 0.6 is 27.7 Å². The summed E-state index contributed by atoms with van der Waals surface area (Å²) in [6.07, 6.45) is 13.7. The molecular formula is C18H25BrN2S. The van der Waals surface area contributed by atoms with Gasteiger partial charge in [-0.1, -0.05) is 48.5 Å². The minimum atomic E-state index is 0.681. The molecule has 0 saturated heterocycles. The monoisotopic (exact) mass is 380 g/mol. The number of hydrogen-bond acceptors (Lipinski definition) is 2. The maximum atomic E-state index is 4.13. The number of benzene rings is 1. The van der Waals surface area contributed by atoms with Gasteiger partial charge in [0.1, 0.15) is 0 Å². The number of aryl methyl sites for hydroxylation is 1. The number of unbranched alkanes of at least 4 members (excludes halogenated alkanes) is 3. The van der Waals surface area contributed by atoms with Crippen molar-refractivity contribution in [2.75, 3.05) is 0 Å². The van der Waals surface area contributed by atoms with Crippen molar-refractivity contribution in [3.8, 4) is 0 Å². The lowest BCUT2D eigenvalue weighted by Crippen LogP contribution is -2.08. The lowest BCUT2D eigenvalue weighted by molar-refractivity contribution is 0.560. The molecule has 0 aliphatic carbocycles. The molecule has 1 atom stereocenters. The summed E-state index contributed by atoms with van der Waals surface area (Å²) in [6.45, 7) is 3.33. The fourth-order valence-corrected chi connectivity index (χ4v) is 3.93. The van der Waals surface area contributed by atoms with Gasteiger partial charge in [-0.2, -0.15) is 0 Å². The van der Waals surface area contributed by atoms with E-state index >= 15 is 0 Å². The number of nitrogens with zero attached hydrogens (tertiary/aromatic N) is 2. The highest BCUT2D eigenvalue weighted by molar-refractivity contribution is 9.10. The highest BCUT2D eigenvalue weighted by Crippen LogP contribution is 2.30. The van der Waals surface area contributed by atoms with E-state index in [1.165, 1.54) is 43.4 Å². The van der Waals surface area contributed by atoms with E-state index in [9.17, 15) is 0 Å². The Balaban J connectivity index is 1.86. The number of rotatable bonds is 10. The summed E-state index contributed by atoms with van der Waals surface area (Å²) in [6, 6.07) is 8.69. The van der Waals surface area contributed by atoms with Crippen molar-refractivity contribution in [2.45, 2.75) is 62.1 Å². The molecule has 0 radical (unpaired) electrons. The van der Waals surface area contributed by atoms with Crippen molar-refractivity contribution in [3.05, 3.63) is 47.5 Å². The first-order valence-electron chi connectivity index (χ1n) is 8.16. The number of thioether (sulfide) groups is 1. The molecular weight excluding hydrogens is 356 g/mol. The standard InChI is InChI=1S/C18H25BrN2S/c1-2-3-4-5-6-17(11-13-21-14-12-20-15-21)22-18-9-7-16(19)8-10-18/h7-10,12,14-15,17H,2-6,11,13H2,1H3. The van der Waals surface area contributed by atoms with Crippen LogP contribution in [0.2, 0.25) is 0 Å². The third-order valence-corrected chi connectivity index (χ3v) is 5.64. The van der Waals surface area contributed by atoms with Gasteiger partial charge in [0.2, 0.25) is 0 Å². The molecule has 0 saturated carbocycles. The topological polar surface area (TPSA) is 17.8 Å². The lowest BCUT2D eigenvalue weighted by Gasteiger charge is -2.17. The van der Waals surface area contributed by atoms with Crippen LogP contribution in [-0.2, 0) is 6.54 Å². The molecule has 1 unspecified atom stereocenters. The van der Waals surface area contributed by atoms with Crippen LogP contribution in [0.4, 0.5) is 0 Å². The zero-order valence-corrected chi connectivity index (χ0v) is 15.7. The minimum absolute atomic E-state index is 0.681. The summed E-state index contributed by atoms with van der Waals surface area (Å²) in [7, 11) is 0. The van der Waals surface area contributed by atoms with Gasteiger partial charge in [-0.15, -0.1) is 11.8 Å². The van der Waals surface area contributed by atoms with Crippen molar-refractivity contribution in [3.63, 3.8) is 0 Å². The molecule has 0 spiro atoms. The van der Waals surface area contributed by atoms with Gasteiger partial charge in [0.15, 0.2) is 0 Å². The molecule has 1 aromatic heterocycles. The first-order chi connectivity index (χ1) is 10.8. The summed E-state index contributed by atoms with van der Waals surface area (Å²) in [5.41, 5.74) is 0. The minimum Gasteiger partial charge on any atom is -0.337 e. The van der Waals surface area contributed by atoms with Crippen LogP contribution < -0.4 is 0 Å². The highest BCUT2D eigenvalue weighted by Gasteiger charge is 2.11. The van der Waals surface area contributed by atoms with Gasteiger partial charge >= 0.3 is 0 Å². The Morgan fingerprint density at radius 3 is 2.64 bits per heavy atom. The number of hydrogen-bond donors (Lipinski definition) is 0. The summed E-state index contributed by atoms with van der Waals surface area (Å²) in [5.74, 6) is 0. The van der Waals surface area contributed by atoms with Crippen molar-refractivity contribution in [1.82, 2.24) is 9.55 Å². The second kappa shape index (κ2) is 10.1. The SMILES string of the molecule is CCCCCCC(CCn1ccnc1)Sc1ccc(Br)cc1. The lowest BCUT2D eigenvalue weighted by atomic mass is 10.1. The normalized spacial score (nSPS) is 12.5. The van der Waals surface area contributed by atoms with Gasteiger partial charge in [0.25, 0.3) is 0 Å². The first kappa shape index (κ1) is 17.6. The molecule has 22 heavy (non-hydrogen) atoms. The van der Waals surface area contributed by atoms with E-state index in [0.717, 1.165) is 11.0 Å². The molecule has 1 heterocycles. The molecule has 0 aliphatic rings. The van der Waals surface area contributed by atoms with E-state index in [1.54, 1.807) is 0 Å². The van der Waals surface area contributed by atoms with Gasteiger partial charge < -0.3 is 4.57 Å². The molecule has 0 aliphatic heterocycles. The Morgan fingerprint density at radius 1 is 1.14 bits per heavy atom. The van der Waals surface area contributed by atoms with Crippen molar-refractivity contribution < 1.29 is 0 Å². The molecule has 2 nitrogen and oxygen atoms in total. The number of halogens is 1. The largest absolute Gasteiger partial charge is 0.337 e. The van der Waals surface area contributed by atoms with Gasteiger partial charge in [-0.05, 0) is 37.1 Å². The van der Waals surface area contributed by atoms with E-state index < -0.39 is 0 Å². The second-order valence-electron chi connectivity index (χ2n) is 5.63. The van der Waals surface area contributed by atoms with Crippen LogP contribution in [-0.4, -0.2) is 14.8 Å². The maximum Gasteiger partial charge on any atom is 0.0945 e.